The number of hydrogen-bond donors (Lipinski definition) is 1. The van der Waals surface area contributed by atoms with Gasteiger partial charge in [-0.1, -0.05) is 30.9 Å². The van der Waals surface area contributed by atoms with Gasteiger partial charge in [0.15, 0.2) is 0 Å². The van der Waals surface area contributed by atoms with Crippen LogP contribution in [0.25, 0.3) is 0 Å². The monoisotopic (exact) mass is 279 g/mol. The van der Waals surface area contributed by atoms with Crippen LogP contribution < -0.4 is 5.32 Å². The molecule has 1 aliphatic carbocycles. The molecule has 0 amide bonds. The van der Waals surface area contributed by atoms with Gasteiger partial charge in [-0.15, -0.1) is 0 Å². The third kappa shape index (κ3) is 5.57. The minimum Gasteiger partial charge on any atom is -0.381 e. The van der Waals surface area contributed by atoms with Crippen LogP contribution in [0.1, 0.15) is 65.7 Å². The van der Waals surface area contributed by atoms with E-state index < -0.39 is 0 Å². The van der Waals surface area contributed by atoms with Crippen molar-refractivity contribution in [2.45, 2.75) is 71.3 Å². The predicted octanol–water partition coefficient (Wildman–Crippen LogP) is 4.31. The summed E-state index contributed by atoms with van der Waals surface area (Å²) in [6.45, 7) is 9.74. The summed E-state index contributed by atoms with van der Waals surface area (Å²) in [5.74, 6) is 1.47. The third-order valence-electron chi connectivity index (χ3n) is 4.60. The topological polar surface area (TPSA) is 21.3 Å². The van der Waals surface area contributed by atoms with Crippen molar-refractivity contribution in [1.82, 2.24) is 5.32 Å². The van der Waals surface area contributed by atoms with Crippen molar-refractivity contribution in [2.24, 2.45) is 11.8 Å². The predicted molar refractivity (Wildman–Crippen MR) is 86.0 cm³/mol. The first-order valence-electron chi connectivity index (χ1n) is 8.58. The lowest BCUT2D eigenvalue weighted by molar-refractivity contribution is 0.0704. The Kier molecular flexibility index (Phi) is 6.10. The summed E-state index contributed by atoms with van der Waals surface area (Å²) in [4.78, 5) is 0. The maximum absolute atomic E-state index is 5.65. The quantitative estimate of drug-likeness (QED) is 0.774. The van der Waals surface area contributed by atoms with Gasteiger partial charge in [-0.3, -0.25) is 0 Å². The van der Waals surface area contributed by atoms with E-state index in [0.717, 1.165) is 25.7 Å². The summed E-state index contributed by atoms with van der Waals surface area (Å²) in [6, 6.07) is 0. The van der Waals surface area contributed by atoms with Gasteiger partial charge >= 0.3 is 0 Å². The average Bonchev–Trinajstić information content (AvgIpc) is 2.44. The number of hydrogen-bond acceptors (Lipinski definition) is 2. The Morgan fingerprint density at radius 3 is 2.45 bits per heavy atom. The van der Waals surface area contributed by atoms with Gasteiger partial charge in [-0.05, 0) is 52.4 Å². The zero-order valence-electron chi connectivity index (χ0n) is 13.7. The molecule has 1 unspecified atom stereocenters. The second-order valence-corrected chi connectivity index (χ2v) is 7.66. The summed E-state index contributed by atoms with van der Waals surface area (Å²) < 4.78 is 5.65. The van der Waals surface area contributed by atoms with E-state index in [2.05, 4.69) is 32.2 Å². The Labute approximate surface area is 125 Å². The minimum atomic E-state index is 0.205. The van der Waals surface area contributed by atoms with E-state index in [4.69, 9.17) is 4.74 Å². The van der Waals surface area contributed by atoms with Crippen molar-refractivity contribution in [2.75, 3.05) is 19.8 Å². The van der Waals surface area contributed by atoms with E-state index in [1.54, 1.807) is 5.57 Å². The molecule has 1 atom stereocenters. The molecule has 0 aromatic carbocycles. The lowest BCUT2D eigenvalue weighted by Gasteiger charge is -2.30. The zero-order valence-corrected chi connectivity index (χ0v) is 13.7. The molecule has 0 spiro atoms. The molecule has 2 rings (SSSR count). The Hall–Kier alpha value is -0.340. The molecule has 1 saturated carbocycles. The molecule has 1 saturated heterocycles. The molecule has 20 heavy (non-hydrogen) atoms. The van der Waals surface area contributed by atoms with Crippen molar-refractivity contribution in [3.63, 3.8) is 0 Å². The van der Waals surface area contributed by atoms with Crippen LogP contribution in [0.3, 0.4) is 0 Å². The zero-order chi connectivity index (χ0) is 14.4. The highest BCUT2D eigenvalue weighted by Crippen LogP contribution is 2.31. The molecule has 2 heteroatoms. The van der Waals surface area contributed by atoms with Crippen molar-refractivity contribution < 1.29 is 4.74 Å². The van der Waals surface area contributed by atoms with Crippen molar-refractivity contribution in [3.8, 4) is 0 Å². The first-order valence-corrected chi connectivity index (χ1v) is 8.58. The fraction of sp³-hybridized carbons (Fsp3) is 0.889. The van der Waals surface area contributed by atoms with Crippen LogP contribution in [0, 0.1) is 11.8 Å². The average molecular weight is 279 g/mol. The Morgan fingerprint density at radius 2 is 1.85 bits per heavy atom. The van der Waals surface area contributed by atoms with Gasteiger partial charge in [0.05, 0.1) is 6.61 Å². The molecule has 1 N–H and O–H groups in total. The fourth-order valence-corrected chi connectivity index (χ4v) is 3.38. The Balaban J connectivity index is 1.99. The second-order valence-electron chi connectivity index (χ2n) is 7.66. The van der Waals surface area contributed by atoms with Gasteiger partial charge in [-0.25, -0.2) is 0 Å². The molecular formula is C18H33NO. The van der Waals surface area contributed by atoms with Crippen LogP contribution in [0.4, 0.5) is 0 Å². The SMILES string of the molecule is CC(C)(C)NCC(=CC1CCCOC1)C1CCCCC1. The summed E-state index contributed by atoms with van der Waals surface area (Å²) in [5.41, 5.74) is 1.87. The maximum atomic E-state index is 5.65. The number of ether oxygens (including phenoxy) is 1. The largest absolute Gasteiger partial charge is 0.381 e. The van der Waals surface area contributed by atoms with Crippen LogP contribution in [-0.2, 0) is 4.74 Å². The molecular weight excluding hydrogens is 246 g/mol. The summed E-state index contributed by atoms with van der Waals surface area (Å²) in [6.07, 6.45) is 12.2. The van der Waals surface area contributed by atoms with Gasteiger partial charge in [0.1, 0.15) is 0 Å². The Morgan fingerprint density at radius 1 is 1.10 bits per heavy atom. The summed E-state index contributed by atoms with van der Waals surface area (Å²) in [7, 11) is 0. The second kappa shape index (κ2) is 7.61. The van der Waals surface area contributed by atoms with Gasteiger partial charge in [0, 0.05) is 24.6 Å². The molecule has 2 nitrogen and oxygen atoms in total. The van der Waals surface area contributed by atoms with Crippen molar-refractivity contribution >= 4 is 0 Å². The molecule has 0 bridgehead atoms. The molecule has 1 aliphatic heterocycles. The van der Waals surface area contributed by atoms with Crippen molar-refractivity contribution in [3.05, 3.63) is 11.6 Å². The first-order chi connectivity index (χ1) is 9.54. The van der Waals surface area contributed by atoms with Crippen LogP contribution in [0.5, 0.6) is 0 Å². The summed E-state index contributed by atoms with van der Waals surface area (Å²) in [5, 5.41) is 3.70. The molecule has 2 aliphatic rings. The van der Waals surface area contributed by atoms with E-state index in [-0.39, 0.29) is 5.54 Å². The van der Waals surface area contributed by atoms with E-state index in [1.165, 1.54) is 44.9 Å². The van der Waals surface area contributed by atoms with Gasteiger partial charge in [0.2, 0.25) is 0 Å². The molecule has 2 fully saturated rings. The highest BCUT2D eigenvalue weighted by molar-refractivity contribution is 5.12. The Bertz CT molecular complexity index is 304. The smallest absolute Gasteiger partial charge is 0.0528 e. The van der Waals surface area contributed by atoms with E-state index >= 15 is 0 Å². The van der Waals surface area contributed by atoms with E-state index in [1.807, 2.05) is 0 Å². The van der Waals surface area contributed by atoms with Crippen molar-refractivity contribution in [1.29, 1.82) is 0 Å². The summed E-state index contributed by atoms with van der Waals surface area (Å²) >= 11 is 0. The lowest BCUT2D eigenvalue weighted by Crippen LogP contribution is -2.38. The molecule has 0 radical (unpaired) electrons. The van der Waals surface area contributed by atoms with Crippen LogP contribution in [0.15, 0.2) is 11.6 Å². The maximum Gasteiger partial charge on any atom is 0.0528 e. The van der Waals surface area contributed by atoms with Crippen LogP contribution >= 0.6 is 0 Å². The minimum absolute atomic E-state index is 0.205. The normalized spacial score (nSPS) is 26.8. The molecule has 116 valence electrons. The number of rotatable bonds is 4. The van der Waals surface area contributed by atoms with Gasteiger partial charge in [0.25, 0.3) is 0 Å². The molecule has 1 heterocycles. The first kappa shape index (κ1) is 16.0. The third-order valence-corrected chi connectivity index (χ3v) is 4.60. The highest BCUT2D eigenvalue weighted by atomic mass is 16.5. The van der Waals surface area contributed by atoms with Crippen LogP contribution in [-0.4, -0.2) is 25.3 Å². The van der Waals surface area contributed by atoms with Crippen LogP contribution in [0.2, 0.25) is 0 Å². The molecule has 0 aromatic heterocycles. The lowest BCUT2D eigenvalue weighted by atomic mass is 9.81. The fourth-order valence-electron chi connectivity index (χ4n) is 3.38. The standard InChI is InChI=1S/C18H33NO/c1-18(2,3)19-13-17(16-9-5-4-6-10-16)12-15-8-7-11-20-14-15/h12,15-16,19H,4-11,13-14H2,1-3H3. The van der Waals surface area contributed by atoms with E-state index in [0.29, 0.717) is 5.92 Å². The molecule has 0 aromatic rings. The van der Waals surface area contributed by atoms with Gasteiger partial charge < -0.3 is 10.1 Å². The highest BCUT2D eigenvalue weighted by Gasteiger charge is 2.21. The van der Waals surface area contributed by atoms with Gasteiger partial charge in [-0.2, -0.15) is 0 Å². The number of nitrogens with one attached hydrogen (secondary N) is 1. The van der Waals surface area contributed by atoms with E-state index in [9.17, 15) is 0 Å².